The minimum Gasteiger partial charge on any atom is -0.481 e. The van der Waals surface area contributed by atoms with Crippen molar-refractivity contribution in [1.29, 1.82) is 0 Å². The van der Waals surface area contributed by atoms with Gasteiger partial charge in [-0.2, -0.15) is 12.7 Å². The van der Waals surface area contributed by atoms with Crippen LogP contribution < -0.4 is 5.14 Å². The lowest BCUT2D eigenvalue weighted by molar-refractivity contribution is -0.137. The topological polar surface area (TPSA) is 101 Å². The van der Waals surface area contributed by atoms with E-state index in [9.17, 15) is 13.2 Å². The van der Waals surface area contributed by atoms with Crippen LogP contribution >= 0.6 is 0 Å². The molecule has 0 aliphatic rings. The van der Waals surface area contributed by atoms with Crippen LogP contribution in [0.25, 0.3) is 0 Å². The largest absolute Gasteiger partial charge is 0.481 e. The van der Waals surface area contributed by atoms with E-state index in [1.807, 2.05) is 0 Å². The molecule has 0 saturated heterocycles. The highest BCUT2D eigenvalue weighted by molar-refractivity contribution is 7.86. The van der Waals surface area contributed by atoms with Crippen molar-refractivity contribution in [3.8, 4) is 0 Å². The summed E-state index contributed by atoms with van der Waals surface area (Å²) in [4.78, 5) is 9.97. The van der Waals surface area contributed by atoms with E-state index in [1.165, 1.54) is 7.05 Å². The molecule has 0 atom stereocenters. The van der Waals surface area contributed by atoms with Crippen molar-refractivity contribution in [1.82, 2.24) is 4.31 Å². The van der Waals surface area contributed by atoms with Gasteiger partial charge in [0.15, 0.2) is 0 Å². The fourth-order valence-electron chi connectivity index (χ4n) is 0.380. The van der Waals surface area contributed by atoms with Crippen molar-refractivity contribution in [2.24, 2.45) is 5.14 Å². The van der Waals surface area contributed by atoms with Crippen LogP contribution in [0.1, 0.15) is 6.42 Å². The third-order valence-electron chi connectivity index (χ3n) is 1.07. The van der Waals surface area contributed by atoms with Crippen LogP contribution in [0.2, 0.25) is 0 Å². The zero-order chi connectivity index (χ0) is 9.07. The number of rotatable bonds is 4. The highest BCUT2D eigenvalue weighted by atomic mass is 32.2. The summed E-state index contributed by atoms with van der Waals surface area (Å²) in [5.41, 5.74) is 0. The number of aliphatic carboxylic acids is 1. The second-order valence-corrected chi connectivity index (χ2v) is 3.66. The van der Waals surface area contributed by atoms with Crippen LogP contribution in [0, 0.1) is 0 Å². The van der Waals surface area contributed by atoms with E-state index in [4.69, 9.17) is 5.11 Å². The van der Waals surface area contributed by atoms with E-state index in [-0.39, 0.29) is 13.0 Å². The van der Waals surface area contributed by atoms with E-state index >= 15 is 0 Å². The zero-order valence-corrected chi connectivity index (χ0v) is 6.84. The minimum absolute atomic E-state index is 0.103. The Bertz CT molecular complexity index is 234. The Hall–Kier alpha value is -0.660. The van der Waals surface area contributed by atoms with Gasteiger partial charge < -0.3 is 5.11 Å². The summed E-state index contributed by atoms with van der Waals surface area (Å²) in [6.07, 6.45) is -0.243. The first-order valence-corrected chi connectivity index (χ1v) is 4.30. The predicted molar refractivity (Wildman–Crippen MR) is 38.0 cm³/mol. The van der Waals surface area contributed by atoms with Gasteiger partial charge in [0.05, 0.1) is 6.42 Å². The van der Waals surface area contributed by atoms with E-state index in [0.29, 0.717) is 0 Å². The molecule has 7 heteroatoms. The molecule has 6 nitrogen and oxygen atoms in total. The Kier molecular flexibility index (Phi) is 3.43. The fraction of sp³-hybridized carbons (Fsp3) is 0.750. The zero-order valence-electron chi connectivity index (χ0n) is 6.02. The molecule has 0 fully saturated rings. The van der Waals surface area contributed by atoms with Gasteiger partial charge in [0.25, 0.3) is 10.2 Å². The Morgan fingerprint density at radius 1 is 1.64 bits per heavy atom. The molecule has 0 aromatic carbocycles. The first kappa shape index (κ1) is 10.3. The van der Waals surface area contributed by atoms with Crippen molar-refractivity contribution in [3.63, 3.8) is 0 Å². The summed E-state index contributed by atoms with van der Waals surface area (Å²) in [5, 5.41) is 12.8. The molecule has 3 N–H and O–H groups in total. The van der Waals surface area contributed by atoms with E-state index < -0.39 is 16.2 Å². The molecule has 0 aromatic rings. The predicted octanol–water partition coefficient (Wildman–Crippen LogP) is -1.40. The summed E-state index contributed by atoms with van der Waals surface area (Å²) in [7, 11) is -2.51. The summed E-state index contributed by atoms with van der Waals surface area (Å²) in [6.45, 7) is -0.103. The highest BCUT2D eigenvalue weighted by Gasteiger charge is 2.11. The van der Waals surface area contributed by atoms with Crippen molar-refractivity contribution < 1.29 is 18.3 Å². The lowest BCUT2D eigenvalue weighted by Crippen LogP contribution is -2.34. The van der Waals surface area contributed by atoms with Gasteiger partial charge in [-0.3, -0.25) is 4.79 Å². The van der Waals surface area contributed by atoms with Crippen LogP contribution in [0.3, 0.4) is 0 Å². The summed E-state index contributed by atoms with van der Waals surface area (Å²) >= 11 is 0. The fourth-order valence-corrected chi connectivity index (χ4v) is 0.726. The number of hydrogen-bond donors (Lipinski definition) is 2. The van der Waals surface area contributed by atoms with Crippen LogP contribution in [-0.4, -0.2) is 37.4 Å². The van der Waals surface area contributed by atoms with Gasteiger partial charge in [0.1, 0.15) is 0 Å². The van der Waals surface area contributed by atoms with Crippen LogP contribution in [0.5, 0.6) is 0 Å². The van der Waals surface area contributed by atoms with Gasteiger partial charge in [0, 0.05) is 13.6 Å². The minimum atomic E-state index is -3.73. The molecule has 0 rings (SSSR count). The lowest BCUT2D eigenvalue weighted by atomic mass is 10.4. The maximum absolute atomic E-state index is 10.5. The van der Waals surface area contributed by atoms with Crippen molar-refractivity contribution >= 4 is 16.2 Å². The molecule has 0 aliphatic heterocycles. The van der Waals surface area contributed by atoms with E-state index in [1.54, 1.807) is 0 Å². The molecule has 0 aliphatic carbocycles. The number of carboxylic acids is 1. The maximum Gasteiger partial charge on any atom is 0.304 e. The average molecular weight is 182 g/mol. The van der Waals surface area contributed by atoms with Crippen LogP contribution in [-0.2, 0) is 15.0 Å². The van der Waals surface area contributed by atoms with Gasteiger partial charge in [-0.1, -0.05) is 0 Å². The van der Waals surface area contributed by atoms with Crippen molar-refractivity contribution in [3.05, 3.63) is 0 Å². The Balaban J connectivity index is 3.90. The van der Waals surface area contributed by atoms with Gasteiger partial charge >= 0.3 is 5.97 Å². The standard InChI is InChI=1S/C4H10N2O4S/c1-6(11(5,9)10)3-2-4(7)8/h2-3H2,1H3,(H,7,8)(H2,5,9,10). The van der Waals surface area contributed by atoms with Crippen LogP contribution in [0.15, 0.2) is 0 Å². The van der Waals surface area contributed by atoms with E-state index in [0.717, 1.165) is 4.31 Å². The molecular weight excluding hydrogens is 172 g/mol. The first-order valence-electron chi connectivity index (χ1n) is 2.80. The molecule has 0 saturated carbocycles. The number of hydrogen-bond acceptors (Lipinski definition) is 3. The molecule has 0 amide bonds. The lowest BCUT2D eigenvalue weighted by Gasteiger charge is -2.10. The Labute approximate surface area is 64.8 Å². The van der Waals surface area contributed by atoms with Gasteiger partial charge in [-0.15, -0.1) is 0 Å². The Morgan fingerprint density at radius 3 is 2.36 bits per heavy atom. The number of nitrogens with zero attached hydrogens (tertiary/aromatic N) is 1. The first-order chi connectivity index (χ1) is 4.84. The van der Waals surface area contributed by atoms with Gasteiger partial charge in [0.2, 0.25) is 0 Å². The summed E-state index contributed by atoms with van der Waals surface area (Å²) < 4.78 is 21.7. The smallest absolute Gasteiger partial charge is 0.304 e. The number of nitrogens with two attached hydrogens (primary N) is 1. The van der Waals surface area contributed by atoms with Gasteiger partial charge in [-0.25, -0.2) is 5.14 Å². The molecule has 0 bridgehead atoms. The molecule has 0 aromatic heterocycles. The monoisotopic (exact) mass is 182 g/mol. The van der Waals surface area contributed by atoms with E-state index in [2.05, 4.69) is 5.14 Å². The van der Waals surface area contributed by atoms with Gasteiger partial charge in [-0.05, 0) is 0 Å². The second kappa shape index (κ2) is 3.65. The average Bonchev–Trinajstić information content (AvgIpc) is 1.80. The molecule has 0 heterocycles. The summed E-state index contributed by atoms with van der Waals surface area (Å²) in [5.74, 6) is -1.06. The normalized spacial score (nSPS) is 11.9. The SMILES string of the molecule is CN(CCC(=O)O)S(N)(=O)=O. The molecular formula is C4H10N2O4S. The molecule has 11 heavy (non-hydrogen) atoms. The molecule has 0 spiro atoms. The Morgan fingerprint density at radius 2 is 2.09 bits per heavy atom. The second-order valence-electron chi connectivity index (χ2n) is 2.01. The number of carbonyl (C=O) groups is 1. The highest BCUT2D eigenvalue weighted by Crippen LogP contribution is 1.91. The molecule has 0 unspecified atom stereocenters. The maximum atomic E-state index is 10.5. The van der Waals surface area contributed by atoms with Crippen molar-refractivity contribution in [2.45, 2.75) is 6.42 Å². The molecule has 66 valence electrons. The van der Waals surface area contributed by atoms with Crippen LogP contribution in [0.4, 0.5) is 0 Å². The summed E-state index contributed by atoms with van der Waals surface area (Å²) in [6, 6.07) is 0. The third-order valence-corrected chi connectivity index (χ3v) is 2.13. The molecule has 0 radical (unpaired) electrons. The van der Waals surface area contributed by atoms with Crippen molar-refractivity contribution in [2.75, 3.05) is 13.6 Å². The quantitative estimate of drug-likeness (QED) is 0.558. The number of carboxylic acid groups (broad SMARTS) is 1. The third kappa shape index (κ3) is 4.71.